The van der Waals surface area contributed by atoms with Crippen LogP contribution in [0.5, 0.6) is 0 Å². The minimum atomic E-state index is 0. The molecule has 0 spiro atoms. The lowest BCUT2D eigenvalue weighted by Crippen LogP contribution is -1.98. The molecule has 0 bridgehead atoms. The minimum absolute atomic E-state index is 0. The van der Waals surface area contributed by atoms with Gasteiger partial charge in [-0.1, -0.05) is 6.92 Å². The molecule has 0 unspecified atom stereocenters. The fraction of sp³-hybridized carbons (Fsp3) is 0.267. The molecule has 3 aromatic rings. The van der Waals surface area contributed by atoms with Gasteiger partial charge < -0.3 is 14.3 Å². The first kappa shape index (κ1) is 14.5. The highest BCUT2D eigenvalue weighted by Crippen LogP contribution is 2.19. The standard InChI is InChI=1S/C15H17N3O.ClH/c1-2-7-18-11-17-14-9-12(5-6-15(14)18)16-10-13-4-3-8-19-13;/h3-6,8-9,11,16H,2,7,10H2,1H3;1H. The Morgan fingerprint density at radius 2 is 2.20 bits per heavy atom. The summed E-state index contributed by atoms with van der Waals surface area (Å²) in [7, 11) is 0. The van der Waals surface area contributed by atoms with E-state index >= 15 is 0 Å². The first-order chi connectivity index (χ1) is 9.36. The SMILES string of the molecule is CCCn1cnc2cc(NCc3ccco3)ccc21.Cl. The van der Waals surface area contributed by atoms with Gasteiger partial charge in [-0.15, -0.1) is 12.4 Å². The van der Waals surface area contributed by atoms with Crippen LogP contribution in [0.4, 0.5) is 5.69 Å². The number of fused-ring (bicyclic) bond motifs is 1. The van der Waals surface area contributed by atoms with Crippen LogP contribution in [0.15, 0.2) is 47.3 Å². The van der Waals surface area contributed by atoms with Gasteiger partial charge in [0.15, 0.2) is 0 Å². The van der Waals surface area contributed by atoms with Gasteiger partial charge in [0.1, 0.15) is 5.76 Å². The molecule has 0 radical (unpaired) electrons. The molecule has 0 aliphatic heterocycles. The third-order valence-electron chi connectivity index (χ3n) is 3.13. The number of rotatable bonds is 5. The number of hydrogen-bond donors (Lipinski definition) is 1. The Bertz CT molecular complexity index is 661. The van der Waals surface area contributed by atoms with E-state index in [9.17, 15) is 0 Å². The van der Waals surface area contributed by atoms with E-state index < -0.39 is 0 Å². The van der Waals surface area contributed by atoms with E-state index in [0.717, 1.165) is 29.9 Å². The third-order valence-corrected chi connectivity index (χ3v) is 3.13. The van der Waals surface area contributed by atoms with Crippen LogP contribution in [0.25, 0.3) is 11.0 Å². The summed E-state index contributed by atoms with van der Waals surface area (Å²) in [4.78, 5) is 4.44. The molecule has 20 heavy (non-hydrogen) atoms. The fourth-order valence-corrected chi connectivity index (χ4v) is 2.20. The molecule has 0 amide bonds. The van der Waals surface area contributed by atoms with Crippen LogP contribution in [-0.4, -0.2) is 9.55 Å². The number of benzene rings is 1. The summed E-state index contributed by atoms with van der Waals surface area (Å²) in [6, 6.07) is 10.1. The lowest BCUT2D eigenvalue weighted by Gasteiger charge is -2.05. The first-order valence-electron chi connectivity index (χ1n) is 6.58. The topological polar surface area (TPSA) is 43.0 Å². The van der Waals surface area contributed by atoms with Crippen molar-refractivity contribution in [1.82, 2.24) is 9.55 Å². The quantitative estimate of drug-likeness (QED) is 0.770. The summed E-state index contributed by atoms with van der Waals surface area (Å²) < 4.78 is 7.48. The summed E-state index contributed by atoms with van der Waals surface area (Å²) >= 11 is 0. The Hall–Kier alpha value is -1.94. The van der Waals surface area contributed by atoms with E-state index in [4.69, 9.17) is 4.42 Å². The number of nitrogens with one attached hydrogen (secondary N) is 1. The highest BCUT2D eigenvalue weighted by Gasteiger charge is 2.03. The van der Waals surface area contributed by atoms with Gasteiger partial charge in [0.25, 0.3) is 0 Å². The van der Waals surface area contributed by atoms with Gasteiger partial charge in [-0.2, -0.15) is 0 Å². The first-order valence-corrected chi connectivity index (χ1v) is 6.58. The molecule has 0 fully saturated rings. The number of hydrogen-bond acceptors (Lipinski definition) is 3. The zero-order valence-electron chi connectivity index (χ0n) is 11.4. The zero-order valence-corrected chi connectivity index (χ0v) is 12.2. The predicted octanol–water partition coefficient (Wildman–Crippen LogP) is 4.07. The molecular weight excluding hydrogens is 274 g/mol. The van der Waals surface area contributed by atoms with Crippen LogP contribution in [0.2, 0.25) is 0 Å². The second-order valence-corrected chi connectivity index (χ2v) is 4.57. The fourth-order valence-electron chi connectivity index (χ4n) is 2.20. The van der Waals surface area contributed by atoms with Crippen molar-refractivity contribution in [2.75, 3.05) is 5.32 Å². The van der Waals surface area contributed by atoms with Gasteiger partial charge in [0.2, 0.25) is 0 Å². The molecule has 0 aliphatic rings. The summed E-state index contributed by atoms with van der Waals surface area (Å²) in [5.41, 5.74) is 3.27. The number of aromatic nitrogens is 2. The molecule has 1 N–H and O–H groups in total. The predicted molar refractivity (Wildman–Crippen MR) is 83.3 cm³/mol. The van der Waals surface area contributed by atoms with Crippen molar-refractivity contribution < 1.29 is 4.42 Å². The van der Waals surface area contributed by atoms with Crippen molar-refractivity contribution in [1.29, 1.82) is 0 Å². The molecule has 2 heterocycles. The molecule has 0 atom stereocenters. The molecule has 3 rings (SSSR count). The molecule has 2 aromatic heterocycles. The van der Waals surface area contributed by atoms with Crippen LogP contribution in [0.1, 0.15) is 19.1 Å². The largest absolute Gasteiger partial charge is 0.467 e. The van der Waals surface area contributed by atoms with E-state index in [0.29, 0.717) is 6.54 Å². The van der Waals surface area contributed by atoms with E-state index in [1.807, 2.05) is 18.5 Å². The number of aryl methyl sites for hydroxylation is 1. The molecule has 106 valence electrons. The highest BCUT2D eigenvalue weighted by molar-refractivity contribution is 5.85. The maximum atomic E-state index is 5.30. The van der Waals surface area contributed by atoms with Crippen LogP contribution in [-0.2, 0) is 13.1 Å². The Kier molecular flexibility index (Phi) is 4.69. The second kappa shape index (κ2) is 6.48. The Morgan fingerprint density at radius 3 is 2.95 bits per heavy atom. The lowest BCUT2D eigenvalue weighted by atomic mass is 10.2. The summed E-state index contributed by atoms with van der Waals surface area (Å²) in [5, 5.41) is 3.34. The van der Waals surface area contributed by atoms with Crippen LogP contribution >= 0.6 is 12.4 Å². The molecule has 1 aromatic carbocycles. The summed E-state index contributed by atoms with van der Waals surface area (Å²) in [6.07, 6.45) is 4.71. The number of nitrogens with zero attached hydrogens (tertiary/aromatic N) is 2. The smallest absolute Gasteiger partial charge is 0.122 e. The van der Waals surface area contributed by atoms with Gasteiger partial charge in [-0.25, -0.2) is 4.98 Å². The van der Waals surface area contributed by atoms with Crippen molar-refractivity contribution in [2.24, 2.45) is 0 Å². The van der Waals surface area contributed by atoms with Crippen molar-refractivity contribution in [3.63, 3.8) is 0 Å². The van der Waals surface area contributed by atoms with E-state index in [1.54, 1.807) is 6.26 Å². The van der Waals surface area contributed by atoms with Crippen molar-refractivity contribution in [3.8, 4) is 0 Å². The molecule has 0 saturated heterocycles. The maximum absolute atomic E-state index is 5.30. The van der Waals surface area contributed by atoms with Crippen LogP contribution in [0.3, 0.4) is 0 Å². The van der Waals surface area contributed by atoms with E-state index in [1.165, 1.54) is 5.52 Å². The van der Waals surface area contributed by atoms with Gasteiger partial charge in [0, 0.05) is 12.2 Å². The normalized spacial score (nSPS) is 10.4. The van der Waals surface area contributed by atoms with Gasteiger partial charge in [-0.05, 0) is 36.8 Å². The zero-order chi connectivity index (χ0) is 13.1. The number of imidazole rings is 1. The lowest BCUT2D eigenvalue weighted by molar-refractivity contribution is 0.518. The van der Waals surface area contributed by atoms with Crippen molar-refractivity contribution in [2.45, 2.75) is 26.4 Å². The number of halogens is 1. The van der Waals surface area contributed by atoms with Gasteiger partial charge >= 0.3 is 0 Å². The average molecular weight is 292 g/mol. The van der Waals surface area contributed by atoms with Crippen molar-refractivity contribution >= 4 is 29.1 Å². The van der Waals surface area contributed by atoms with Crippen LogP contribution < -0.4 is 5.32 Å². The van der Waals surface area contributed by atoms with Crippen molar-refractivity contribution in [3.05, 3.63) is 48.7 Å². The maximum Gasteiger partial charge on any atom is 0.122 e. The van der Waals surface area contributed by atoms with E-state index in [2.05, 4.69) is 40.0 Å². The molecular formula is C15H18ClN3O. The van der Waals surface area contributed by atoms with Crippen LogP contribution in [0, 0.1) is 0 Å². The van der Waals surface area contributed by atoms with Gasteiger partial charge in [-0.3, -0.25) is 0 Å². The Labute approximate surface area is 124 Å². The molecule has 0 aliphatic carbocycles. The Balaban J connectivity index is 0.00000147. The summed E-state index contributed by atoms with van der Waals surface area (Å²) in [6.45, 7) is 3.87. The van der Waals surface area contributed by atoms with Gasteiger partial charge in [0.05, 0.1) is 30.2 Å². The number of anilines is 1. The third kappa shape index (κ3) is 2.96. The minimum Gasteiger partial charge on any atom is -0.467 e. The highest BCUT2D eigenvalue weighted by atomic mass is 35.5. The molecule has 4 nitrogen and oxygen atoms in total. The average Bonchev–Trinajstić information content (AvgIpc) is 3.06. The number of furan rings is 1. The van der Waals surface area contributed by atoms with E-state index in [-0.39, 0.29) is 12.4 Å². The molecule has 0 saturated carbocycles. The Morgan fingerprint density at radius 1 is 1.30 bits per heavy atom. The monoisotopic (exact) mass is 291 g/mol. The second-order valence-electron chi connectivity index (χ2n) is 4.57. The molecule has 5 heteroatoms. The summed E-state index contributed by atoms with van der Waals surface area (Å²) in [5.74, 6) is 0.927.